The molecule has 4 aromatic rings. The second-order valence-corrected chi connectivity index (χ2v) is 10.3. The number of likely N-dealkylation sites (N-methyl/N-ethyl adjacent to an activating group) is 1. The maximum Gasteiger partial charge on any atom is 0.242 e. The van der Waals surface area contributed by atoms with Gasteiger partial charge in [0.25, 0.3) is 0 Å². The average Bonchev–Trinajstić information content (AvgIpc) is 3.71. The number of benzene rings is 2. The number of hydrogen-bond donors (Lipinski definition) is 2. The van der Waals surface area contributed by atoms with Crippen LogP contribution in [0.4, 0.5) is 0 Å². The van der Waals surface area contributed by atoms with Crippen LogP contribution in [0.1, 0.15) is 43.7 Å². The monoisotopic (exact) mass is 561 g/mol. The molecule has 0 bridgehead atoms. The highest BCUT2D eigenvalue weighted by Gasteiger charge is 2.34. The molecule has 1 aliphatic heterocycles. The molecule has 2 N–H and O–H groups in total. The van der Waals surface area contributed by atoms with Crippen LogP contribution >= 0.6 is 11.6 Å². The van der Waals surface area contributed by atoms with E-state index in [1.54, 1.807) is 31.3 Å². The predicted molar refractivity (Wildman–Crippen MR) is 150 cm³/mol. The minimum absolute atomic E-state index is 0.144. The lowest BCUT2D eigenvalue weighted by Crippen LogP contribution is -2.54. The Morgan fingerprint density at radius 2 is 2.02 bits per heavy atom. The van der Waals surface area contributed by atoms with Gasteiger partial charge in [0.1, 0.15) is 12.4 Å². The van der Waals surface area contributed by atoms with Crippen LogP contribution in [0, 0.1) is 0 Å². The molecule has 208 valence electrons. The molecule has 0 spiro atoms. The fourth-order valence-corrected chi connectivity index (χ4v) is 5.41. The van der Waals surface area contributed by atoms with E-state index >= 15 is 0 Å². The highest BCUT2D eigenvalue weighted by atomic mass is 35.5. The maximum absolute atomic E-state index is 13.5. The van der Waals surface area contributed by atoms with Gasteiger partial charge < -0.3 is 10.6 Å². The fraction of sp³-hybridized carbons (Fsp3) is 0.357. The van der Waals surface area contributed by atoms with E-state index in [9.17, 15) is 9.59 Å². The molecule has 2 aromatic heterocycles. The number of carbonyl (C=O) groups excluding carboxylic acids is 2. The molecule has 3 heterocycles. The van der Waals surface area contributed by atoms with Crippen LogP contribution in [0.2, 0.25) is 5.02 Å². The maximum atomic E-state index is 13.5. The fourth-order valence-electron chi connectivity index (χ4n) is 5.21. The van der Waals surface area contributed by atoms with E-state index in [4.69, 9.17) is 11.6 Å². The Morgan fingerprint density at radius 1 is 1.15 bits per heavy atom. The Bertz CT molecular complexity index is 1440. The summed E-state index contributed by atoms with van der Waals surface area (Å²) in [5.74, 6) is -0.210. The topological polar surface area (TPSA) is 123 Å². The number of nitrogens with one attached hydrogen (secondary N) is 2. The number of amides is 2. The third-order valence-electron chi connectivity index (χ3n) is 7.38. The first kappa shape index (κ1) is 27.5. The second kappa shape index (κ2) is 12.4. The van der Waals surface area contributed by atoms with E-state index in [-0.39, 0.29) is 30.3 Å². The van der Waals surface area contributed by atoms with Crippen molar-refractivity contribution in [1.82, 2.24) is 45.5 Å². The van der Waals surface area contributed by atoms with Gasteiger partial charge in [-0.25, -0.2) is 9.36 Å². The summed E-state index contributed by atoms with van der Waals surface area (Å²) >= 11 is 6.19. The lowest BCUT2D eigenvalue weighted by molar-refractivity contribution is -0.132. The first-order valence-electron chi connectivity index (χ1n) is 13.4. The first-order valence-corrected chi connectivity index (χ1v) is 13.7. The van der Waals surface area contributed by atoms with Crippen molar-refractivity contribution in [3.05, 3.63) is 83.4 Å². The third-order valence-corrected chi connectivity index (χ3v) is 7.61. The van der Waals surface area contributed by atoms with Crippen molar-refractivity contribution in [2.45, 2.75) is 51.2 Å². The summed E-state index contributed by atoms with van der Waals surface area (Å²) in [4.78, 5) is 28.6. The summed E-state index contributed by atoms with van der Waals surface area (Å²) in [6.07, 6.45) is 6.78. The molecule has 1 fully saturated rings. The largest absolute Gasteiger partial charge is 0.350 e. The average molecular weight is 562 g/mol. The highest BCUT2D eigenvalue weighted by molar-refractivity contribution is 6.30. The molecule has 5 rings (SSSR count). The molecule has 1 aliphatic rings. The zero-order valence-electron chi connectivity index (χ0n) is 22.4. The zero-order valence-corrected chi connectivity index (χ0v) is 23.2. The van der Waals surface area contributed by atoms with Crippen molar-refractivity contribution in [2.75, 3.05) is 13.1 Å². The molecule has 0 aliphatic carbocycles. The summed E-state index contributed by atoms with van der Waals surface area (Å²) in [7, 11) is 0. The molecular formula is C28H32ClN9O2. The summed E-state index contributed by atoms with van der Waals surface area (Å²) < 4.78 is 3.34. The zero-order chi connectivity index (χ0) is 28.1. The van der Waals surface area contributed by atoms with Gasteiger partial charge in [-0.05, 0) is 96.7 Å². The van der Waals surface area contributed by atoms with Gasteiger partial charge in [-0.2, -0.15) is 5.10 Å². The number of piperidine rings is 1. The van der Waals surface area contributed by atoms with Crippen molar-refractivity contribution in [3.63, 3.8) is 0 Å². The molecule has 2 amide bonds. The number of nitrogens with zero attached hydrogens (tertiary/aromatic N) is 7. The van der Waals surface area contributed by atoms with E-state index in [2.05, 4.69) is 55.2 Å². The smallest absolute Gasteiger partial charge is 0.242 e. The number of hydrogen-bond acceptors (Lipinski definition) is 7. The molecular weight excluding hydrogens is 530 g/mol. The summed E-state index contributed by atoms with van der Waals surface area (Å²) in [6.45, 7) is 5.52. The van der Waals surface area contributed by atoms with Gasteiger partial charge in [0.15, 0.2) is 0 Å². The molecule has 11 nitrogen and oxygen atoms in total. The quantitative estimate of drug-likeness (QED) is 0.322. The van der Waals surface area contributed by atoms with E-state index in [1.165, 1.54) is 16.6 Å². The predicted octanol–water partition coefficient (Wildman–Crippen LogP) is 2.89. The molecule has 40 heavy (non-hydrogen) atoms. The van der Waals surface area contributed by atoms with Gasteiger partial charge in [0, 0.05) is 24.0 Å². The van der Waals surface area contributed by atoms with E-state index in [0.717, 1.165) is 30.8 Å². The van der Waals surface area contributed by atoms with Gasteiger partial charge in [-0.1, -0.05) is 30.7 Å². The Kier molecular flexibility index (Phi) is 8.51. The van der Waals surface area contributed by atoms with Crippen LogP contribution < -0.4 is 10.6 Å². The minimum Gasteiger partial charge on any atom is -0.350 e. The van der Waals surface area contributed by atoms with Gasteiger partial charge in [0.05, 0.1) is 17.4 Å². The highest BCUT2D eigenvalue weighted by Crippen LogP contribution is 2.32. The van der Waals surface area contributed by atoms with E-state index in [1.807, 2.05) is 29.1 Å². The second-order valence-electron chi connectivity index (χ2n) is 9.89. The van der Waals surface area contributed by atoms with Crippen molar-refractivity contribution in [3.8, 4) is 11.4 Å². The number of carbonyl (C=O) groups is 2. The van der Waals surface area contributed by atoms with Crippen molar-refractivity contribution < 1.29 is 9.59 Å². The Labute approximate surface area is 237 Å². The normalized spacial score (nSPS) is 18.3. The molecule has 3 atom stereocenters. The molecule has 1 saturated heterocycles. The van der Waals surface area contributed by atoms with Crippen LogP contribution in [-0.2, 0) is 16.1 Å². The first-order chi connectivity index (χ1) is 19.4. The van der Waals surface area contributed by atoms with Crippen molar-refractivity contribution >= 4 is 23.4 Å². The van der Waals surface area contributed by atoms with Gasteiger partial charge in [-0.3, -0.25) is 14.5 Å². The summed E-state index contributed by atoms with van der Waals surface area (Å²) in [5.41, 5.74) is 3.63. The molecule has 1 unspecified atom stereocenters. The van der Waals surface area contributed by atoms with Gasteiger partial charge in [-0.15, -0.1) is 5.10 Å². The number of tetrazole rings is 1. The molecule has 0 saturated carbocycles. The van der Waals surface area contributed by atoms with Crippen LogP contribution in [-0.4, -0.2) is 71.9 Å². The van der Waals surface area contributed by atoms with Crippen LogP contribution in [0.5, 0.6) is 0 Å². The third kappa shape index (κ3) is 6.21. The summed E-state index contributed by atoms with van der Waals surface area (Å²) in [5, 5.41) is 22.0. The SMILES string of the molecule is CCN1CC[C@H](c2cccc(-n3cccn3)c2)C[C@@H]1C(=O)NC(C)C(=O)NCc1cc(Cl)ccc1-n1cnnn1. The van der Waals surface area contributed by atoms with E-state index < -0.39 is 6.04 Å². The summed E-state index contributed by atoms with van der Waals surface area (Å²) in [6, 6.07) is 14.4. The van der Waals surface area contributed by atoms with Gasteiger partial charge in [0.2, 0.25) is 11.8 Å². The lowest BCUT2D eigenvalue weighted by atomic mass is 9.84. The van der Waals surface area contributed by atoms with Crippen molar-refractivity contribution in [2.24, 2.45) is 0 Å². The van der Waals surface area contributed by atoms with Crippen LogP contribution in [0.3, 0.4) is 0 Å². The van der Waals surface area contributed by atoms with Crippen molar-refractivity contribution in [1.29, 1.82) is 0 Å². The molecule has 12 heteroatoms. The Balaban J connectivity index is 1.22. The molecule has 0 radical (unpaired) electrons. The number of aromatic nitrogens is 6. The standard InChI is InChI=1S/C28H32ClN9O2/c1-3-36-13-10-21(20-6-4-7-24(15-20)37-12-5-11-32-37)16-26(36)28(40)33-19(2)27(39)30-17-22-14-23(29)8-9-25(22)38-18-31-34-35-38/h4-9,11-12,14-15,18-19,21,26H,3,10,13,16-17H2,1-2H3,(H,30,39)(H,33,40)/t19?,21-,26+/m0/s1. The van der Waals surface area contributed by atoms with Gasteiger partial charge >= 0.3 is 0 Å². The number of halogens is 1. The Hall–Kier alpha value is -4.09. The van der Waals surface area contributed by atoms with E-state index in [0.29, 0.717) is 17.1 Å². The van der Waals surface area contributed by atoms with Crippen LogP contribution in [0.25, 0.3) is 11.4 Å². The number of rotatable bonds is 9. The molecule has 2 aromatic carbocycles. The Morgan fingerprint density at radius 3 is 2.77 bits per heavy atom. The van der Waals surface area contributed by atoms with Crippen LogP contribution in [0.15, 0.2) is 67.3 Å². The lowest BCUT2D eigenvalue weighted by Gasteiger charge is -2.38. The minimum atomic E-state index is -0.717. The number of likely N-dealkylation sites (tertiary alicyclic amines) is 1.